The van der Waals surface area contributed by atoms with Crippen molar-refractivity contribution in [1.82, 2.24) is 0 Å². The van der Waals surface area contributed by atoms with Crippen LogP contribution in [0.1, 0.15) is 59.6 Å². The molecule has 2 rings (SSSR count). The summed E-state index contributed by atoms with van der Waals surface area (Å²) in [4.78, 5) is 0. The van der Waals surface area contributed by atoms with E-state index in [0.717, 1.165) is 11.1 Å². The Morgan fingerprint density at radius 2 is 0.958 bits per heavy atom. The van der Waals surface area contributed by atoms with Gasteiger partial charge in [-0.15, -0.1) is 5.92 Å². The van der Waals surface area contributed by atoms with Crippen LogP contribution in [0, 0.1) is 11.8 Å². The summed E-state index contributed by atoms with van der Waals surface area (Å²) in [6.07, 6.45) is 0. The number of hydrogen-bond donors (Lipinski definition) is 1. The Kier molecular flexibility index (Phi) is 20.6. The Labute approximate surface area is 163 Å². The zero-order valence-electron chi connectivity index (χ0n) is 16.1. The van der Waals surface area contributed by atoms with E-state index in [4.69, 9.17) is 0 Å². The van der Waals surface area contributed by atoms with Crippen LogP contribution in [0.2, 0.25) is 0 Å². The molecule has 0 aliphatic rings. The van der Waals surface area contributed by atoms with Crippen molar-refractivity contribution in [3.05, 3.63) is 71.8 Å². The van der Waals surface area contributed by atoms with E-state index >= 15 is 0 Å². The molecular weight excluding hydrogens is 464 g/mol. The molecule has 0 aromatic heterocycles. The maximum absolute atomic E-state index is 10.8. The molecule has 1 nitrogen and oxygen atoms in total. The van der Waals surface area contributed by atoms with E-state index in [1.165, 1.54) is 0 Å². The molecule has 0 saturated heterocycles. The predicted octanol–water partition coefficient (Wildman–Crippen LogP) is 6.02. The van der Waals surface area contributed by atoms with E-state index in [9.17, 15) is 5.11 Å². The fraction of sp³-hybridized carbons (Fsp3) is 0.364. The maximum Gasteiger partial charge on any atom is 0.176 e. The van der Waals surface area contributed by atoms with Crippen LogP contribution in [-0.2, 0) is 26.7 Å². The first kappa shape index (κ1) is 27.5. The fourth-order valence-electron chi connectivity index (χ4n) is 1.85. The van der Waals surface area contributed by atoms with Gasteiger partial charge < -0.3 is 5.11 Å². The summed E-state index contributed by atoms with van der Waals surface area (Å²) in [5, 5.41) is 10.8. The zero-order chi connectivity index (χ0) is 18.1. The largest absolute Gasteiger partial charge is 0.369 e. The molecule has 0 atom stereocenters. The fourth-order valence-corrected chi connectivity index (χ4v) is 1.85. The van der Waals surface area contributed by atoms with Gasteiger partial charge in [0.2, 0.25) is 0 Å². The van der Waals surface area contributed by atoms with Gasteiger partial charge in [0, 0.05) is 32.2 Å². The van der Waals surface area contributed by atoms with Crippen LogP contribution in [0.3, 0.4) is 0 Å². The van der Waals surface area contributed by atoms with Crippen molar-refractivity contribution in [2.45, 2.75) is 54.1 Å². The smallest absolute Gasteiger partial charge is 0.176 e. The van der Waals surface area contributed by atoms with Gasteiger partial charge in [-0.2, -0.15) is 0 Å². The molecule has 0 saturated carbocycles. The van der Waals surface area contributed by atoms with Crippen molar-refractivity contribution in [3.63, 3.8) is 0 Å². The Balaban J connectivity index is -0.000000569. The molecule has 0 aliphatic heterocycles. The first-order valence-corrected chi connectivity index (χ1v) is 8.54. The summed E-state index contributed by atoms with van der Waals surface area (Å²) in [5.41, 5.74) is 0.359. The van der Waals surface area contributed by atoms with Crippen molar-refractivity contribution >= 4 is 0 Å². The molecule has 2 heteroatoms. The van der Waals surface area contributed by atoms with Gasteiger partial charge in [0.25, 0.3) is 0 Å². The molecular formula is C22H32OW. The molecule has 1 N–H and O–H groups in total. The summed E-state index contributed by atoms with van der Waals surface area (Å²) < 4.78 is 0. The van der Waals surface area contributed by atoms with Crippen LogP contribution in [0.5, 0.6) is 0 Å². The van der Waals surface area contributed by atoms with Gasteiger partial charge in [-0.05, 0) is 6.92 Å². The SMILES string of the molecule is CC.CC.CC.CC#CC(O)(c1ccccc1)c1ccccc1.[W]. The third kappa shape index (κ3) is 8.49. The van der Waals surface area contributed by atoms with Crippen molar-refractivity contribution in [2.24, 2.45) is 0 Å². The van der Waals surface area contributed by atoms with Crippen LogP contribution in [0.4, 0.5) is 0 Å². The minimum absolute atomic E-state index is 0. The Morgan fingerprint density at radius 3 is 1.21 bits per heavy atom. The van der Waals surface area contributed by atoms with Gasteiger partial charge in [0.15, 0.2) is 5.60 Å². The molecule has 0 fully saturated rings. The summed E-state index contributed by atoms with van der Waals surface area (Å²) >= 11 is 0. The summed E-state index contributed by atoms with van der Waals surface area (Å²) in [6, 6.07) is 19.0. The van der Waals surface area contributed by atoms with Gasteiger partial charge >= 0.3 is 0 Å². The van der Waals surface area contributed by atoms with Crippen LogP contribution >= 0.6 is 0 Å². The molecule has 132 valence electrons. The van der Waals surface area contributed by atoms with Crippen LogP contribution in [0.15, 0.2) is 60.7 Å². The molecule has 0 heterocycles. The molecule has 0 unspecified atom stereocenters. The van der Waals surface area contributed by atoms with Crippen molar-refractivity contribution < 1.29 is 26.2 Å². The molecule has 2 aromatic rings. The van der Waals surface area contributed by atoms with Gasteiger partial charge in [-0.25, -0.2) is 0 Å². The second-order valence-electron chi connectivity index (χ2n) is 3.82. The molecule has 0 amide bonds. The van der Waals surface area contributed by atoms with E-state index in [2.05, 4.69) is 11.8 Å². The predicted molar refractivity (Wildman–Crippen MR) is 103 cm³/mol. The second-order valence-corrected chi connectivity index (χ2v) is 3.82. The van der Waals surface area contributed by atoms with E-state index in [-0.39, 0.29) is 21.1 Å². The maximum atomic E-state index is 10.8. The summed E-state index contributed by atoms with van der Waals surface area (Å²) in [6.45, 7) is 13.7. The van der Waals surface area contributed by atoms with Gasteiger partial charge in [0.05, 0.1) is 0 Å². The first-order chi connectivity index (χ1) is 11.3. The van der Waals surface area contributed by atoms with Crippen molar-refractivity contribution in [3.8, 4) is 11.8 Å². The molecule has 0 bridgehead atoms. The van der Waals surface area contributed by atoms with E-state index in [1.807, 2.05) is 102 Å². The van der Waals surface area contributed by atoms with E-state index in [0.29, 0.717) is 0 Å². The monoisotopic (exact) mass is 496 g/mol. The topological polar surface area (TPSA) is 20.2 Å². The molecule has 2 aromatic carbocycles. The van der Waals surface area contributed by atoms with Gasteiger partial charge in [0.1, 0.15) is 0 Å². The molecule has 0 aliphatic carbocycles. The van der Waals surface area contributed by atoms with Crippen LogP contribution in [-0.4, -0.2) is 5.11 Å². The second kappa shape index (κ2) is 18.0. The average Bonchev–Trinajstić information content (AvgIpc) is 2.68. The Bertz CT molecular complexity index is 499. The van der Waals surface area contributed by atoms with Crippen molar-refractivity contribution in [1.29, 1.82) is 0 Å². The minimum atomic E-state index is -1.22. The zero-order valence-corrected chi connectivity index (χ0v) is 19.1. The standard InChI is InChI=1S/C16H14O.3C2H6.W/c1-2-13-16(17,14-9-5-3-6-10-14)15-11-7-4-8-12-15;3*1-2;/h3-12,17H,1H3;3*1-2H3;. The van der Waals surface area contributed by atoms with Crippen LogP contribution < -0.4 is 0 Å². The van der Waals surface area contributed by atoms with E-state index in [1.54, 1.807) is 6.92 Å². The first-order valence-electron chi connectivity index (χ1n) is 8.54. The third-order valence-corrected chi connectivity index (χ3v) is 2.69. The normalized spacial score (nSPS) is 8.17. The number of hydrogen-bond acceptors (Lipinski definition) is 1. The number of benzene rings is 2. The number of rotatable bonds is 2. The Hall–Kier alpha value is -1.35. The summed E-state index contributed by atoms with van der Waals surface area (Å²) in [7, 11) is 0. The molecule has 0 radical (unpaired) electrons. The van der Waals surface area contributed by atoms with E-state index < -0.39 is 5.60 Å². The minimum Gasteiger partial charge on any atom is -0.369 e. The average molecular weight is 496 g/mol. The van der Waals surface area contributed by atoms with Crippen molar-refractivity contribution in [2.75, 3.05) is 0 Å². The molecule has 0 spiro atoms. The van der Waals surface area contributed by atoms with Gasteiger partial charge in [-0.1, -0.05) is 108 Å². The molecule has 24 heavy (non-hydrogen) atoms. The van der Waals surface area contributed by atoms with Gasteiger partial charge in [-0.3, -0.25) is 0 Å². The summed E-state index contributed by atoms with van der Waals surface area (Å²) in [5.74, 6) is 5.70. The number of aliphatic hydroxyl groups is 1. The Morgan fingerprint density at radius 1 is 0.667 bits per heavy atom. The quantitative estimate of drug-likeness (QED) is 0.505. The third-order valence-electron chi connectivity index (χ3n) is 2.69. The van der Waals surface area contributed by atoms with Crippen LogP contribution in [0.25, 0.3) is 0 Å².